The van der Waals surface area contributed by atoms with Crippen LogP contribution in [0.25, 0.3) is 0 Å². The molecule has 2 heteroatoms. The van der Waals surface area contributed by atoms with Crippen molar-refractivity contribution in [2.24, 2.45) is 17.8 Å². The summed E-state index contributed by atoms with van der Waals surface area (Å²) in [7, 11) is 0. The number of carbonyl (C=O) groups is 1. The number of hydrogen-bond donors (Lipinski definition) is 1. The van der Waals surface area contributed by atoms with Crippen LogP contribution in [0.1, 0.15) is 89.5 Å². The van der Waals surface area contributed by atoms with Gasteiger partial charge < -0.3 is 5.11 Å². The van der Waals surface area contributed by atoms with Gasteiger partial charge >= 0.3 is 5.97 Å². The minimum atomic E-state index is -0.701. The fraction of sp³-hybridized carbons (Fsp3) is 0.708. The first-order chi connectivity index (χ1) is 12.2. The topological polar surface area (TPSA) is 37.3 Å². The van der Waals surface area contributed by atoms with Gasteiger partial charge in [-0.3, -0.25) is 4.79 Å². The molecule has 0 unspecified atom stereocenters. The van der Waals surface area contributed by atoms with Crippen molar-refractivity contribution in [2.45, 2.75) is 92.9 Å². The molecule has 1 aromatic carbocycles. The Kier molecular flexibility index (Phi) is 9.98. The quantitative estimate of drug-likeness (QED) is 0.464. The molecule has 148 valence electrons. The van der Waals surface area contributed by atoms with Crippen LogP contribution in [0.2, 0.25) is 0 Å². The molecular weight excluding hydrogens is 320 g/mol. The Balaban J connectivity index is 3.23. The highest BCUT2D eigenvalue weighted by atomic mass is 16.4. The highest BCUT2D eigenvalue weighted by molar-refractivity contribution is 5.67. The lowest BCUT2D eigenvalue weighted by atomic mass is 9.84. The minimum absolute atomic E-state index is 0.226. The van der Waals surface area contributed by atoms with E-state index < -0.39 is 5.97 Å². The second kappa shape index (κ2) is 11.4. The fourth-order valence-corrected chi connectivity index (χ4v) is 3.43. The van der Waals surface area contributed by atoms with Crippen LogP contribution < -0.4 is 0 Å². The normalized spacial score (nSPS) is 11.7. The molecule has 0 atom stereocenters. The van der Waals surface area contributed by atoms with Gasteiger partial charge in [-0.25, -0.2) is 0 Å². The Morgan fingerprint density at radius 2 is 1.12 bits per heavy atom. The van der Waals surface area contributed by atoms with Crippen molar-refractivity contribution in [1.29, 1.82) is 0 Å². The molecular formula is C24H40O2. The third-order valence-corrected chi connectivity index (χ3v) is 5.17. The molecule has 0 spiro atoms. The number of rotatable bonds is 12. The second-order valence-corrected chi connectivity index (χ2v) is 9.03. The van der Waals surface area contributed by atoms with Gasteiger partial charge in [0.25, 0.3) is 0 Å². The molecule has 0 fully saturated rings. The van der Waals surface area contributed by atoms with Crippen molar-refractivity contribution in [3.8, 4) is 0 Å². The number of carboxylic acid groups (broad SMARTS) is 1. The number of carboxylic acids is 1. The van der Waals surface area contributed by atoms with E-state index in [1.165, 1.54) is 41.5 Å². The summed E-state index contributed by atoms with van der Waals surface area (Å²) in [6.07, 6.45) is 7.81. The highest BCUT2D eigenvalue weighted by Gasteiger charge is 2.15. The maximum absolute atomic E-state index is 11.1. The van der Waals surface area contributed by atoms with E-state index in [1.54, 1.807) is 0 Å². The first kappa shape index (κ1) is 22.7. The van der Waals surface area contributed by atoms with E-state index in [0.717, 1.165) is 19.3 Å². The molecule has 0 heterocycles. The van der Waals surface area contributed by atoms with Gasteiger partial charge in [-0.15, -0.1) is 0 Å². The van der Waals surface area contributed by atoms with Crippen LogP contribution in [-0.2, 0) is 30.5 Å². The van der Waals surface area contributed by atoms with Crippen molar-refractivity contribution < 1.29 is 9.90 Å². The zero-order valence-corrected chi connectivity index (χ0v) is 17.9. The van der Waals surface area contributed by atoms with Crippen molar-refractivity contribution in [3.05, 3.63) is 34.4 Å². The van der Waals surface area contributed by atoms with Crippen LogP contribution in [0.15, 0.2) is 12.1 Å². The number of aliphatic carboxylic acids is 1. The summed E-state index contributed by atoms with van der Waals surface area (Å²) >= 11 is 0. The molecule has 2 nitrogen and oxygen atoms in total. The van der Waals surface area contributed by atoms with Gasteiger partial charge in [-0.1, -0.05) is 53.7 Å². The average molecular weight is 361 g/mol. The molecule has 0 amide bonds. The lowest BCUT2D eigenvalue weighted by Gasteiger charge is -2.21. The summed E-state index contributed by atoms with van der Waals surface area (Å²) < 4.78 is 0. The van der Waals surface area contributed by atoms with Gasteiger partial charge in [0.15, 0.2) is 0 Å². The van der Waals surface area contributed by atoms with E-state index in [1.807, 2.05) is 0 Å². The Morgan fingerprint density at radius 1 is 0.731 bits per heavy atom. The molecule has 0 bridgehead atoms. The highest BCUT2D eigenvalue weighted by Crippen LogP contribution is 2.28. The molecule has 0 saturated heterocycles. The number of hydrogen-bond acceptors (Lipinski definition) is 1. The molecule has 0 aliphatic heterocycles. The Labute approximate surface area is 161 Å². The molecule has 0 aromatic heterocycles. The maximum atomic E-state index is 11.1. The van der Waals surface area contributed by atoms with E-state index in [-0.39, 0.29) is 6.42 Å². The van der Waals surface area contributed by atoms with Crippen molar-refractivity contribution in [2.75, 3.05) is 0 Å². The molecule has 0 saturated carbocycles. The van der Waals surface area contributed by atoms with Crippen LogP contribution in [-0.4, -0.2) is 11.1 Å². The third-order valence-electron chi connectivity index (χ3n) is 5.17. The predicted octanol–water partition coefficient (Wildman–Crippen LogP) is 6.47. The van der Waals surface area contributed by atoms with Crippen molar-refractivity contribution >= 4 is 5.97 Å². The van der Waals surface area contributed by atoms with Crippen LogP contribution >= 0.6 is 0 Å². The fourth-order valence-electron chi connectivity index (χ4n) is 3.43. The summed E-state index contributed by atoms with van der Waals surface area (Å²) in [5, 5.41) is 9.13. The molecule has 26 heavy (non-hydrogen) atoms. The zero-order chi connectivity index (χ0) is 19.7. The summed E-state index contributed by atoms with van der Waals surface area (Å²) in [6.45, 7) is 13.7. The first-order valence-electron chi connectivity index (χ1n) is 10.5. The summed E-state index contributed by atoms with van der Waals surface area (Å²) in [4.78, 5) is 11.1. The lowest BCUT2D eigenvalue weighted by molar-refractivity contribution is -0.136. The van der Waals surface area contributed by atoms with E-state index >= 15 is 0 Å². The summed E-state index contributed by atoms with van der Waals surface area (Å²) in [5.41, 5.74) is 5.75. The Bertz CT molecular complexity index is 556. The van der Waals surface area contributed by atoms with E-state index in [4.69, 9.17) is 5.11 Å². The van der Waals surface area contributed by atoms with E-state index in [0.29, 0.717) is 24.2 Å². The molecule has 1 aromatic rings. The van der Waals surface area contributed by atoms with Gasteiger partial charge in [-0.2, -0.15) is 0 Å². The smallest absolute Gasteiger partial charge is 0.303 e. The van der Waals surface area contributed by atoms with Gasteiger partial charge in [-0.05, 0) is 85.0 Å². The Morgan fingerprint density at radius 3 is 1.50 bits per heavy atom. The average Bonchev–Trinajstić information content (AvgIpc) is 2.54. The first-order valence-corrected chi connectivity index (χ1v) is 10.5. The van der Waals surface area contributed by atoms with Gasteiger partial charge in [0.05, 0.1) is 0 Å². The zero-order valence-electron chi connectivity index (χ0n) is 17.9. The predicted molar refractivity (Wildman–Crippen MR) is 112 cm³/mol. The molecule has 1 N–H and O–H groups in total. The SMILES string of the molecule is CC(C)CCc1ccc(CCC(=O)O)c(CCC(C)C)c1CCC(C)C. The number of benzene rings is 1. The standard InChI is InChI=1S/C24H40O2/c1-17(2)7-10-20-11-12-21(13-16-24(25)26)23(15-9-19(5)6)22(20)14-8-18(3)4/h11-12,17-19H,7-10,13-16H2,1-6H3,(H,25,26). The van der Waals surface area contributed by atoms with E-state index in [9.17, 15) is 4.79 Å². The van der Waals surface area contributed by atoms with E-state index in [2.05, 4.69) is 53.7 Å². The molecule has 0 aliphatic carbocycles. The largest absolute Gasteiger partial charge is 0.481 e. The molecule has 1 rings (SSSR count). The monoisotopic (exact) mass is 360 g/mol. The van der Waals surface area contributed by atoms with Crippen LogP contribution in [0.3, 0.4) is 0 Å². The van der Waals surface area contributed by atoms with Gasteiger partial charge in [0, 0.05) is 6.42 Å². The van der Waals surface area contributed by atoms with Crippen molar-refractivity contribution in [3.63, 3.8) is 0 Å². The second-order valence-electron chi connectivity index (χ2n) is 9.03. The minimum Gasteiger partial charge on any atom is -0.481 e. The van der Waals surface area contributed by atoms with Crippen LogP contribution in [0.4, 0.5) is 0 Å². The summed E-state index contributed by atoms with van der Waals surface area (Å²) in [5.74, 6) is 1.36. The van der Waals surface area contributed by atoms with Gasteiger partial charge in [0.1, 0.15) is 0 Å². The van der Waals surface area contributed by atoms with Crippen molar-refractivity contribution in [1.82, 2.24) is 0 Å². The van der Waals surface area contributed by atoms with Crippen LogP contribution in [0.5, 0.6) is 0 Å². The third kappa shape index (κ3) is 8.38. The van der Waals surface area contributed by atoms with Gasteiger partial charge in [0.2, 0.25) is 0 Å². The lowest BCUT2D eigenvalue weighted by Crippen LogP contribution is -2.10. The molecule has 0 aliphatic rings. The summed E-state index contributed by atoms with van der Waals surface area (Å²) in [6, 6.07) is 4.50. The maximum Gasteiger partial charge on any atom is 0.303 e. The number of aryl methyl sites for hydroxylation is 2. The Hall–Kier alpha value is -1.31. The molecule has 0 radical (unpaired) electrons. The van der Waals surface area contributed by atoms with Crippen LogP contribution in [0, 0.1) is 17.8 Å².